The second kappa shape index (κ2) is 8.30. The second-order valence-corrected chi connectivity index (χ2v) is 6.05. The van der Waals surface area contributed by atoms with Gasteiger partial charge in [-0.15, -0.1) is 0 Å². The number of fused-ring (bicyclic) bond motifs is 1. The number of amides is 1. The van der Waals surface area contributed by atoms with Crippen molar-refractivity contribution in [1.82, 2.24) is 0 Å². The Hall–Kier alpha value is -3.14. The molecule has 0 aliphatic carbocycles. The van der Waals surface area contributed by atoms with Crippen LogP contribution in [0.15, 0.2) is 66.7 Å². The second-order valence-electron chi connectivity index (χ2n) is 6.05. The third-order valence-corrected chi connectivity index (χ3v) is 4.14. The monoisotopic (exact) mass is 347 g/mol. The van der Waals surface area contributed by atoms with Gasteiger partial charge >= 0.3 is 5.97 Å². The van der Waals surface area contributed by atoms with E-state index in [2.05, 4.69) is 5.32 Å². The molecule has 0 unspecified atom stereocenters. The molecule has 0 fully saturated rings. The Balaban J connectivity index is 1.70. The lowest BCUT2D eigenvalue weighted by molar-refractivity contribution is 0.0499. The first kappa shape index (κ1) is 17.7. The summed E-state index contributed by atoms with van der Waals surface area (Å²) >= 11 is 0. The number of hydrogen-bond acceptors (Lipinski definition) is 3. The molecule has 0 bridgehead atoms. The predicted octanol–water partition coefficient (Wildman–Crippen LogP) is 5.05. The molecule has 3 rings (SSSR count). The SMILES string of the molecule is CCCCOC(=O)c1ccc(NC(=O)c2cccc3ccccc23)cc1. The van der Waals surface area contributed by atoms with E-state index >= 15 is 0 Å². The van der Waals surface area contributed by atoms with Crippen LogP contribution in [0.5, 0.6) is 0 Å². The molecule has 0 radical (unpaired) electrons. The first-order chi connectivity index (χ1) is 12.7. The number of hydrogen-bond donors (Lipinski definition) is 1. The molecular formula is C22H21NO3. The minimum atomic E-state index is -0.342. The van der Waals surface area contributed by atoms with Gasteiger partial charge < -0.3 is 10.1 Å². The van der Waals surface area contributed by atoms with E-state index in [1.165, 1.54) is 0 Å². The van der Waals surface area contributed by atoms with Crippen molar-refractivity contribution in [1.29, 1.82) is 0 Å². The van der Waals surface area contributed by atoms with Crippen LogP contribution in [-0.4, -0.2) is 18.5 Å². The Morgan fingerprint density at radius 2 is 1.65 bits per heavy atom. The Kier molecular flexibility index (Phi) is 5.64. The maximum Gasteiger partial charge on any atom is 0.338 e. The van der Waals surface area contributed by atoms with Crippen molar-refractivity contribution in [2.45, 2.75) is 19.8 Å². The first-order valence-electron chi connectivity index (χ1n) is 8.75. The fourth-order valence-corrected chi connectivity index (χ4v) is 2.70. The molecule has 0 aliphatic rings. The van der Waals surface area contributed by atoms with Gasteiger partial charge in [-0.05, 0) is 47.5 Å². The summed E-state index contributed by atoms with van der Waals surface area (Å²) in [6, 6.07) is 20.2. The van der Waals surface area contributed by atoms with Gasteiger partial charge in [-0.1, -0.05) is 49.7 Å². The van der Waals surface area contributed by atoms with E-state index in [-0.39, 0.29) is 11.9 Å². The molecule has 0 heterocycles. The summed E-state index contributed by atoms with van der Waals surface area (Å²) in [5.41, 5.74) is 1.73. The van der Waals surface area contributed by atoms with Crippen LogP contribution in [0.25, 0.3) is 10.8 Å². The highest BCUT2D eigenvalue weighted by Gasteiger charge is 2.11. The van der Waals surface area contributed by atoms with Crippen LogP contribution in [0.1, 0.15) is 40.5 Å². The van der Waals surface area contributed by atoms with Crippen LogP contribution in [0.2, 0.25) is 0 Å². The highest BCUT2D eigenvalue weighted by molar-refractivity contribution is 6.13. The van der Waals surface area contributed by atoms with E-state index in [0.29, 0.717) is 23.4 Å². The minimum Gasteiger partial charge on any atom is -0.462 e. The molecule has 0 aliphatic heterocycles. The summed E-state index contributed by atoms with van der Waals surface area (Å²) in [7, 11) is 0. The molecule has 0 atom stereocenters. The molecule has 0 aromatic heterocycles. The Morgan fingerprint density at radius 3 is 2.42 bits per heavy atom. The summed E-state index contributed by atoms with van der Waals surface area (Å²) in [5, 5.41) is 4.80. The van der Waals surface area contributed by atoms with E-state index in [4.69, 9.17) is 4.74 Å². The van der Waals surface area contributed by atoms with Gasteiger partial charge in [0.25, 0.3) is 5.91 Å². The van der Waals surface area contributed by atoms with Crippen molar-refractivity contribution in [3.63, 3.8) is 0 Å². The van der Waals surface area contributed by atoms with Crippen molar-refractivity contribution >= 4 is 28.3 Å². The average molecular weight is 347 g/mol. The fraction of sp³-hybridized carbons (Fsp3) is 0.182. The van der Waals surface area contributed by atoms with E-state index in [0.717, 1.165) is 23.6 Å². The van der Waals surface area contributed by atoms with Gasteiger partial charge in [-0.25, -0.2) is 4.79 Å². The summed E-state index contributed by atoms with van der Waals surface area (Å²) in [4.78, 5) is 24.5. The molecule has 1 amide bonds. The van der Waals surface area contributed by atoms with Gasteiger partial charge in [0.15, 0.2) is 0 Å². The molecule has 3 aromatic carbocycles. The van der Waals surface area contributed by atoms with Crippen LogP contribution >= 0.6 is 0 Å². The van der Waals surface area contributed by atoms with Gasteiger partial charge in [-0.2, -0.15) is 0 Å². The van der Waals surface area contributed by atoms with Crippen LogP contribution < -0.4 is 5.32 Å². The highest BCUT2D eigenvalue weighted by atomic mass is 16.5. The Labute approximate surface area is 152 Å². The van der Waals surface area contributed by atoms with E-state index < -0.39 is 0 Å². The Bertz CT molecular complexity index is 911. The standard InChI is InChI=1S/C22H21NO3/c1-2-3-15-26-22(25)17-11-13-18(14-12-17)23-21(24)20-10-6-8-16-7-4-5-9-19(16)20/h4-14H,2-3,15H2,1H3,(H,23,24). The van der Waals surface area contributed by atoms with Gasteiger partial charge in [0.2, 0.25) is 0 Å². The number of esters is 1. The van der Waals surface area contributed by atoms with Crippen molar-refractivity contribution in [3.8, 4) is 0 Å². The molecule has 26 heavy (non-hydrogen) atoms. The van der Waals surface area contributed by atoms with Crippen LogP contribution in [0, 0.1) is 0 Å². The van der Waals surface area contributed by atoms with E-state index in [1.807, 2.05) is 43.3 Å². The largest absolute Gasteiger partial charge is 0.462 e. The number of nitrogens with one attached hydrogen (secondary N) is 1. The number of carbonyl (C=O) groups is 2. The minimum absolute atomic E-state index is 0.180. The van der Waals surface area contributed by atoms with Crippen molar-refractivity contribution < 1.29 is 14.3 Å². The predicted molar refractivity (Wildman–Crippen MR) is 104 cm³/mol. The first-order valence-corrected chi connectivity index (χ1v) is 8.75. The van der Waals surface area contributed by atoms with E-state index in [1.54, 1.807) is 30.3 Å². The zero-order chi connectivity index (χ0) is 18.4. The zero-order valence-corrected chi connectivity index (χ0v) is 14.7. The lowest BCUT2D eigenvalue weighted by Gasteiger charge is -2.09. The van der Waals surface area contributed by atoms with Crippen LogP contribution in [0.3, 0.4) is 0 Å². The molecule has 1 N–H and O–H groups in total. The number of rotatable bonds is 6. The summed E-state index contributed by atoms with van der Waals surface area (Å²) in [5.74, 6) is -0.523. The maximum atomic E-state index is 12.6. The van der Waals surface area contributed by atoms with Crippen molar-refractivity contribution in [2.24, 2.45) is 0 Å². The summed E-state index contributed by atoms with van der Waals surface area (Å²) < 4.78 is 5.18. The van der Waals surface area contributed by atoms with Gasteiger partial charge in [-0.3, -0.25) is 4.79 Å². The third-order valence-electron chi connectivity index (χ3n) is 4.14. The van der Waals surface area contributed by atoms with Crippen LogP contribution in [0.4, 0.5) is 5.69 Å². The molecular weight excluding hydrogens is 326 g/mol. The third kappa shape index (κ3) is 4.09. The van der Waals surface area contributed by atoms with Crippen LogP contribution in [-0.2, 0) is 4.74 Å². The number of anilines is 1. The molecule has 4 nitrogen and oxygen atoms in total. The van der Waals surface area contributed by atoms with Gasteiger partial charge in [0.1, 0.15) is 0 Å². The normalized spacial score (nSPS) is 10.5. The number of carbonyl (C=O) groups excluding carboxylic acids is 2. The van der Waals surface area contributed by atoms with Gasteiger partial charge in [0.05, 0.1) is 12.2 Å². The molecule has 0 saturated heterocycles. The Morgan fingerprint density at radius 1 is 0.923 bits per heavy atom. The lowest BCUT2D eigenvalue weighted by Crippen LogP contribution is -2.12. The number of benzene rings is 3. The van der Waals surface area contributed by atoms with Gasteiger partial charge in [0, 0.05) is 11.3 Å². The van der Waals surface area contributed by atoms with Crippen molar-refractivity contribution in [2.75, 3.05) is 11.9 Å². The lowest BCUT2D eigenvalue weighted by atomic mass is 10.0. The fourth-order valence-electron chi connectivity index (χ4n) is 2.70. The molecule has 0 saturated carbocycles. The quantitative estimate of drug-likeness (QED) is 0.501. The molecule has 132 valence electrons. The van der Waals surface area contributed by atoms with E-state index in [9.17, 15) is 9.59 Å². The highest BCUT2D eigenvalue weighted by Crippen LogP contribution is 2.20. The maximum absolute atomic E-state index is 12.6. The number of ether oxygens (including phenoxy) is 1. The molecule has 3 aromatic rings. The molecule has 4 heteroatoms. The zero-order valence-electron chi connectivity index (χ0n) is 14.7. The summed E-state index contributed by atoms with van der Waals surface area (Å²) in [6.45, 7) is 2.47. The topological polar surface area (TPSA) is 55.4 Å². The molecule has 0 spiro atoms. The smallest absolute Gasteiger partial charge is 0.338 e. The average Bonchev–Trinajstić information content (AvgIpc) is 2.68. The number of unbranched alkanes of at least 4 members (excludes halogenated alkanes) is 1. The summed E-state index contributed by atoms with van der Waals surface area (Å²) in [6.07, 6.45) is 1.83. The van der Waals surface area contributed by atoms with Crippen molar-refractivity contribution in [3.05, 3.63) is 77.9 Å².